The Morgan fingerprint density at radius 3 is 1.75 bits per heavy atom. The maximum atomic E-state index is 10.4. The fraction of sp³-hybridized carbons (Fsp3) is 0. The van der Waals surface area contributed by atoms with E-state index in [0.717, 1.165) is 0 Å². The third kappa shape index (κ3) is 9.81. The van der Waals surface area contributed by atoms with Gasteiger partial charge in [0, 0.05) is 0 Å². The van der Waals surface area contributed by atoms with Crippen LogP contribution in [-0.2, 0) is 3.74 Å². The van der Waals surface area contributed by atoms with Gasteiger partial charge in [-0.2, -0.15) is 0 Å². The van der Waals surface area contributed by atoms with Crippen molar-refractivity contribution >= 4 is 26.9 Å². The van der Waals surface area contributed by atoms with Crippen LogP contribution < -0.4 is 9.88 Å². The zero-order chi connectivity index (χ0) is 9.19. The van der Waals surface area contributed by atoms with Gasteiger partial charge in [0.15, 0.2) is 0 Å². The quantitative estimate of drug-likeness (QED) is 0.482. The van der Waals surface area contributed by atoms with Gasteiger partial charge < -0.3 is 17.1 Å². The number of phenolic OH excluding ortho intramolecular Hbond substituents is 1. The van der Waals surface area contributed by atoms with E-state index in [2.05, 4.69) is 3.73 Å². The Morgan fingerprint density at radius 1 is 1.06 bits per heavy atom. The van der Waals surface area contributed by atoms with Gasteiger partial charge in [-0.3, -0.25) is 0 Å². The summed E-state index contributed by atoms with van der Waals surface area (Å²) < 4.78 is 31.5. The fourth-order valence-electron chi connectivity index (χ4n) is 0.644. The summed E-state index contributed by atoms with van der Waals surface area (Å²) in [5, 5.41) is 8.81. The number of phenols is 1. The van der Waals surface area contributed by atoms with Crippen LogP contribution >= 0.6 is 12.4 Å². The minimum atomic E-state index is -5.06. The van der Waals surface area contributed by atoms with E-state index in [9.17, 15) is 3.74 Å². The van der Waals surface area contributed by atoms with Crippen LogP contribution in [0.2, 0.25) is 0 Å². The molecule has 0 aromatic heterocycles. The predicted molar refractivity (Wildman–Crippen MR) is 59.1 cm³/mol. The minimum absolute atomic E-state index is 0. The summed E-state index contributed by atoms with van der Waals surface area (Å²) in [6, 6.07) is 5.10. The van der Waals surface area contributed by atoms with Crippen LogP contribution in [0.4, 0.5) is 0 Å². The van der Waals surface area contributed by atoms with Crippen molar-refractivity contribution in [1.29, 1.82) is 0 Å². The molecule has 0 amide bonds. The van der Waals surface area contributed by atoms with Gasteiger partial charge in [-0.05, 0) is 0 Å². The van der Waals surface area contributed by atoms with E-state index in [1.807, 2.05) is 0 Å². The molecular weight excluding hydrogens is 308 g/mol. The van der Waals surface area contributed by atoms with Crippen molar-refractivity contribution in [3.63, 3.8) is 0 Å². The molecule has 0 aliphatic rings. The van der Waals surface area contributed by atoms with Crippen molar-refractivity contribution in [2.45, 2.75) is 0 Å². The Kier molecular flexibility index (Phi) is 14.5. The Morgan fingerprint density at radius 2 is 1.44 bits per heavy atom. The Labute approximate surface area is 101 Å². The maximum absolute atomic E-state index is 10.4. The van der Waals surface area contributed by atoms with Crippen molar-refractivity contribution in [3.8, 4) is 11.5 Å². The van der Waals surface area contributed by atoms with Crippen LogP contribution in [-0.4, -0.2) is 38.8 Å². The Balaban J connectivity index is -0.000000180. The molecule has 0 unspecified atom stereocenters. The molecule has 0 heterocycles. The zero-order valence-electron chi connectivity index (χ0n) is 8.03. The molecule has 1 aromatic carbocycles. The standard InChI is InChI=1S/C6H7AsO5.ClH.H3N.2H2O/c8-5-1-3-6(4-2-5)12-7(9,10)11;;;;/h1-4,8H,(H2,9,10,11);1H;1H3;2*1H2. The number of benzene rings is 1. The molecule has 0 aliphatic carbocycles. The molecular formula is C6H15AsClNO7. The molecule has 1 rings (SSSR count). The second-order valence-electron chi connectivity index (χ2n) is 2.08. The zero-order valence-corrected chi connectivity index (χ0v) is 10.7. The molecule has 0 radical (unpaired) electrons. The van der Waals surface area contributed by atoms with Crippen molar-refractivity contribution in [2.75, 3.05) is 0 Å². The van der Waals surface area contributed by atoms with E-state index in [4.69, 9.17) is 13.3 Å². The second kappa shape index (κ2) is 9.49. The van der Waals surface area contributed by atoms with Crippen molar-refractivity contribution < 1.29 is 31.7 Å². The van der Waals surface area contributed by atoms with Gasteiger partial charge in [-0.25, -0.2) is 0 Å². The van der Waals surface area contributed by atoms with Gasteiger partial charge in [0.2, 0.25) is 0 Å². The molecule has 98 valence electrons. The Hall–Kier alpha value is -0.732. The first-order valence-corrected chi connectivity index (χ1v) is 6.22. The fourth-order valence-corrected chi connectivity index (χ4v) is 1.48. The van der Waals surface area contributed by atoms with Crippen LogP contribution in [0.25, 0.3) is 0 Å². The molecule has 0 fully saturated rings. The van der Waals surface area contributed by atoms with Crippen molar-refractivity contribution in [1.82, 2.24) is 6.15 Å². The molecule has 8 nitrogen and oxygen atoms in total. The van der Waals surface area contributed by atoms with E-state index in [-0.39, 0.29) is 41.0 Å². The number of hydrogen-bond acceptors (Lipinski definition) is 4. The number of hydrogen-bond donors (Lipinski definition) is 4. The van der Waals surface area contributed by atoms with Crippen molar-refractivity contribution in [3.05, 3.63) is 24.3 Å². The molecule has 0 saturated carbocycles. The molecule has 0 aliphatic heterocycles. The molecule has 0 bridgehead atoms. The summed E-state index contributed by atoms with van der Waals surface area (Å²) in [4.78, 5) is 0. The third-order valence-corrected chi connectivity index (χ3v) is 2.00. The topological polar surface area (TPSA) is 185 Å². The van der Waals surface area contributed by atoms with Crippen molar-refractivity contribution in [2.24, 2.45) is 0 Å². The normalized spacial score (nSPS) is 8.38. The number of halogens is 1. The first-order chi connectivity index (χ1) is 5.47. The average molecular weight is 324 g/mol. The van der Waals surface area contributed by atoms with Crippen LogP contribution in [0.3, 0.4) is 0 Å². The second-order valence-corrected chi connectivity index (χ2v) is 4.52. The monoisotopic (exact) mass is 323 g/mol. The van der Waals surface area contributed by atoms with Crippen LogP contribution in [0.1, 0.15) is 0 Å². The van der Waals surface area contributed by atoms with Crippen LogP contribution in [0.15, 0.2) is 24.3 Å². The average Bonchev–Trinajstić information content (AvgIpc) is 1.91. The summed E-state index contributed by atoms with van der Waals surface area (Å²) in [5.41, 5.74) is 0. The summed E-state index contributed by atoms with van der Waals surface area (Å²) in [7, 11) is 0. The van der Waals surface area contributed by atoms with E-state index >= 15 is 0 Å². The summed E-state index contributed by atoms with van der Waals surface area (Å²) >= 11 is -5.06. The number of aromatic hydroxyl groups is 1. The molecule has 1 aromatic rings. The van der Waals surface area contributed by atoms with E-state index < -0.39 is 14.5 Å². The molecule has 16 heavy (non-hydrogen) atoms. The number of rotatable bonds is 2. The van der Waals surface area contributed by atoms with Gasteiger partial charge in [0.05, 0.1) is 0 Å². The summed E-state index contributed by atoms with van der Waals surface area (Å²) in [6.45, 7) is 0. The van der Waals surface area contributed by atoms with E-state index in [1.165, 1.54) is 24.3 Å². The van der Waals surface area contributed by atoms with Gasteiger partial charge in [0.25, 0.3) is 0 Å². The molecule has 10 N–H and O–H groups in total. The van der Waals surface area contributed by atoms with E-state index in [0.29, 0.717) is 0 Å². The third-order valence-electron chi connectivity index (χ3n) is 1.06. The SMILES string of the molecule is Cl.N.O.O.O=[As](O)(O)Oc1ccc(O)cc1. The molecule has 0 saturated heterocycles. The van der Waals surface area contributed by atoms with Crippen LogP contribution in [0.5, 0.6) is 11.5 Å². The Bertz CT molecular complexity index is 313. The molecule has 10 heteroatoms. The summed E-state index contributed by atoms with van der Waals surface area (Å²) in [5.74, 6) is 0.0562. The van der Waals surface area contributed by atoms with E-state index in [1.54, 1.807) is 0 Å². The predicted octanol–water partition coefficient (Wildman–Crippen LogP) is -1.44. The molecule has 0 spiro atoms. The van der Waals surface area contributed by atoms with Crippen LogP contribution in [0, 0.1) is 0 Å². The molecule has 0 atom stereocenters. The first kappa shape index (κ1) is 24.5. The summed E-state index contributed by atoms with van der Waals surface area (Å²) in [6.07, 6.45) is 0. The van der Waals surface area contributed by atoms with Gasteiger partial charge >= 0.3 is 71.0 Å². The van der Waals surface area contributed by atoms with Gasteiger partial charge in [-0.1, -0.05) is 0 Å². The van der Waals surface area contributed by atoms with Gasteiger partial charge in [0.1, 0.15) is 0 Å². The first-order valence-electron chi connectivity index (χ1n) is 3.01. The van der Waals surface area contributed by atoms with Gasteiger partial charge in [-0.15, -0.1) is 12.4 Å².